The molecule has 100 valence electrons. The van der Waals surface area contributed by atoms with Crippen LogP contribution in [0.5, 0.6) is 0 Å². The largest absolute Gasteiger partial charge is 0.393 e. The van der Waals surface area contributed by atoms with Gasteiger partial charge >= 0.3 is 0 Å². The zero-order valence-corrected chi connectivity index (χ0v) is 10.8. The topological polar surface area (TPSA) is 59.2 Å². The summed E-state index contributed by atoms with van der Waals surface area (Å²) in [5.41, 5.74) is 0. The molecule has 0 aromatic carbocycles. The third-order valence-electron chi connectivity index (χ3n) is 4.39. The van der Waals surface area contributed by atoms with E-state index in [-0.39, 0.29) is 6.10 Å². The Balaban J connectivity index is 1.64. The molecule has 0 saturated heterocycles. The van der Waals surface area contributed by atoms with Crippen LogP contribution in [0.3, 0.4) is 0 Å². The molecule has 4 nitrogen and oxygen atoms in total. The first kappa shape index (κ1) is 12.2. The quantitative estimate of drug-likeness (QED) is 0.876. The van der Waals surface area contributed by atoms with Crippen molar-refractivity contribution in [3.8, 4) is 0 Å². The average molecular weight is 250 g/mol. The molecule has 1 aromatic rings. The highest BCUT2D eigenvalue weighted by Crippen LogP contribution is 2.37. The number of hydrogen-bond donors (Lipinski definition) is 1. The van der Waals surface area contributed by atoms with Gasteiger partial charge in [0, 0.05) is 11.8 Å². The maximum atomic E-state index is 9.31. The maximum Gasteiger partial charge on any atom is 0.229 e. The third kappa shape index (κ3) is 2.58. The Labute approximate surface area is 108 Å². The van der Waals surface area contributed by atoms with Gasteiger partial charge in [-0.2, -0.15) is 4.98 Å². The molecule has 0 aliphatic heterocycles. The number of rotatable bonds is 2. The summed E-state index contributed by atoms with van der Waals surface area (Å²) in [6.07, 6.45) is 10.5. The molecule has 2 aliphatic carbocycles. The molecule has 0 radical (unpaired) electrons. The SMILES string of the molecule is OC1CC(c2nc(C3CCCCCCC3)no2)C1. The molecule has 0 atom stereocenters. The van der Waals surface area contributed by atoms with Gasteiger partial charge in [-0.1, -0.05) is 37.3 Å². The van der Waals surface area contributed by atoms with Crippen LogP contribution < -0.4 is 0 Å². The smallest absolute Gasteiger partial charge is 0.229 e. The van der Waals surface area contributed by atoms with Crippen molar-refractivity contribution >= 4 is 0 Å². The lowest BCUT2D eigenvalue weighted by Gasteiger charge is -2.27. The van der Waals surface area contributed by atoms with Gasteiger partial charge in [-0.15, -0.1) is 0 Å². The predicted molar refractivity (Wildman–Crippen MR) is 67.3 cm³/mol. The Bertz CT molecular complexity index is 377. The van der Waals surface area contributed by atoms with Gasteiger partial charge in [0.25, 0.3) is 0 Å². The molecular formula is C14H22N2O2. The van der Waals surface area contributed by atoms with E-state index in [1.165, 1.54) is 44.9 Å². The second-order valence-electron chi connectivity index (χ2n) is 5.86. The van der Waals surface area contributed by atoms with E-state index >= 15 is 0 Å². The Kier molecular flexibility index (Phi) is 3.64. The molecular weight excluding hydrogens is 228 g/mol. The molecule has 3 rings (SSSR count). The number of aliphatic hydroxyl groups is 1. The Morgan fingerprint density at radius 3 is 2.28 bits per heavy atom. The van der Waals surface area contributed by atoms with Gasteiger partial charge in [-0.3, -0.25) is 0 Å². The highest BCUT2D eigenvalue weighted by atomic mass is 16.5. The van der Waals surface area contributed by atoms with E-state index in [0.717, 1.165) is 24.6 Å². The summed E-state index contributed by atoms with van der Waals surface area (Å²) in [5.74, 6) is 2.45. The van der Waals surface area contributed by atoms with Crippen LogP contribution in [0.4, 0.5) is 0 Å². The van der Waals surface area contributed by atoms with E-state index < -0.39 is 0 Å². The molecule has 2 aliphatic rings. The second kappa shape index (κ2) is 5.39. The van der Waals surface area contributed by atoms with Crippen molar-refractivity contribution in [2.75, 3.05) is 0 Å². The van der Waals surface area contributed by atoms with Crippen molar-refractivity contribution in [2.45, 2.75) is 75.7 Å². The first-order valence-electron chi connectivity index (χ1n) is 7.34. The van der Waals surface area contributed by atoms with Crippen molar-refractivity contribution in [1.29, 1.82) is 0 Å². The molecule has 2 saturated carbocycles. The molecule has 0 spiro atoms. The summed E-state index contributed by atoms with van der Waals surface area (Å²) < 4.78 is 5.37. The summed E-state index contributed by atoms with van der Waals surface area (Å²) in [5, 5.41) is 13.5. The van der Waals surface area contributed by atoms with Gasteiger partial charge in [-0.25, -0.2) is 0 Å². The van der Waals surface area contributed by atoms with E-state index in [4.69, 9.17) is 4.52 Å². The van der Waals surface area contributed by atoms with Crippen LogP contribution in [0.15, 0.2) is 4.52 Å². The summed E-state index contributed by atoms with van der Waals surface area (Å²) in [4.78, 5) is 4.57. The molecule has 2 fully saturated rings. The van der Waals surface area contributed by atoms with Crippen LogP contribution >= 0.6 is 0 Å². The van der Waals surface area contributed by atoms with Gasteiger partial charge in [-0.05, 0) is 25.7 Å². The van der Waals surface area contributed by atoms with Crippen molar-refractivity contribution in [3.05, 3.63) is 11.7 Å². The lowest BCUT2D eigenvalue weighted by Crippen LogP contribution is -2.26. The molecule has 18 heavy (non-hydrogen) atoms. The Morgan fingerprint density at radius 1 is 0.944 bits per heavy atom. The standard InChI is InChI=1S/C14H22N2O2/c17-12-8-11(9-12)14-15-13(16-18-14)10-6-4-2-1-3-5-7-10/h10-12,17H,1-9H2. The van der Waals surface area contributed by atoms with Crippen LogP contribution in [0.1, 0.15) is 81.3 Å². The van der Waals surface area contributed by atoms with Crippen molar-refractivity contribution in [2.24, 2.45) is 0 Å². The number of aromatic nitrogens is 2. The highest BCUT2D eigenvalue weighted by molar-refractivity contribution is 5.04. The average Bonchev–Trinajstić information content (AvgIpc) is 2.73. The summed E-state index contributed by atoms with van der Waals surface area (Å²) in [6, 6.07) is 0. The molecule has 0 bridgehead atoms. The summed E-state index contributed by atoms with van der Waals surface area (Å²) in [7, 11) is 0. The lowest BCUT2D eigenvalue weighted by atomic mass is 9.82. The molecule has 1 heterocycles. The van der Waals surface area contributed by atoms with Gasteiger partial charge in [0.1, 0.15) is 0 Å². The van der Waals surface area contributed by atoms with E-state index in [0.29, 0.717) is 11.8 Å². The van der Waals surface area contributed by atoms with Crippen LogP contribution in [-0.4, -0.2) is 21.4 Å². The maximum absolute atomic E-state index is 9.31. The normalized spacial score (nSPS) is 30.5. The first-order chi connectivity index (χ1) is 8.83. The Hall–Kier alpha value is -0.900. The third-order valence-corrected chi connectivity index (χ3v) is 4.39. The Morgan fingerprint density at radius 2 is 1.61 bits per heavy atom. The van der Waals surface area contributed by atoms with Gasteiger partial charge in [0.05, 0.1) is 6.10 Å². The first-order valence-corrected chi connectivity index (χ1v) is 7.34. The van der Waals surface area contributed by atoms with Crippen molar-refractivity contribution in [3.63, 3.8) is 0 Å². The van der Waals surface area contributed by atoms with Crippen LogP contribution in [0.25, 0.3) is 0 Å². The lowest BCUT2D eigenvalue weighted by molar-refractivity contribution is 0.0625. The van der Waals surface area contributed by atoms with E-state index in [9.17, 15) is 5.11 Å². The monoisotopic (exact) mass is 250 g/mol. The second-order valence-corrected chi connectivity index (χ2v) is 5.86. The zero-order chi connectivity index (χ0) is 12.4. The molecule has 0 amide bonds. The van der Waals surface area contributed by atoms with Gasteiger partial charge in [0.2, 0.25) is 5.89 Å². The highest BCUT2D eigenvalue weighted by Gasteiger charge is 2.33. The van der Waals surface area contributed by atoms with Crippen molar-refractivity contribution < 1.29 is 9.63 Å². The number of hydrogen-bond acceptors (Lipinski definition) is 4. The van der Waals surface area contributed by atoms with Crippen LogP contribution in [0.2, 0.25) is 0 Å². The molecule has 0 unspecified atom stereocenters. The molecule has 4 heteroatoms. The minimum Gasteiger partial charge on any atom is -0.393 e. The summed E-state index contributed by atoms with van der Waals surface area (Å²) >= 11 is 0. The number of aliphatic hydroxyl groups excluding tert-OH is 1. The zero-order valence-electron chi connectivity index (χ0n) is 10.8. The fourth-order valence-corrected chi connectivity index (χ4v) is 3.08. The molecule has 1 N–H and O–H groups in total. The van der Waals surface area contributed by atoms with Crippen LogP contribution in [0, 0.1) is 0 Å². The van der Waals surface area contributed by atoms with E-state index in [2.05, 4.69) is 10.1 Å². The fraction of sp³-hybridized carbons (Fsp3) is 0.857. The fourth-order valence-electron chi connectivity index (χ4n) is 3.08. The predicted octanol–water partition coefficient (Wildman–Crippen LogP) is 3.14. The van der Waals surface area contributed by atoms with Gasteiger partial charge in [0.15, 0.2) is 5.82 Å². The minimum absolute atomic E-state index is 0.160. The van der Waals surface area contributed by atoms with Crippen LogP contribution in [-0.2, 0) is 0 Å². The van der Waals surface area contributed by atoms with E-state index in [1.807, 2.05) is 0 Å². The van der Waals surface area contributed by atoms with E-state index in [1.54, 1.807) is 0 Å². The summed E-state index contributed by atoms with van der Waals surface area (Å²) in [6.45, 7) is 0. The van der Waals surface area contributed by atoms with Gasteiger partial charge < -0.3 is 9.63 Å². The number of nitrogens with zero attached hydrogens (tertiary/aromatic N) is 2. The molecule has 1 aromatic heterocycles. The minimum atomic E-state index is -0.160. The van der Waals surface area contributed by atoms with Crippen molar-refractivity contribution in [1.82, 2.24) is 10.1 Å².